The number of nitrogens with one attached hydrogen (secondary N) is 3. The summed E-state index contributed by atoms with van der Waals surface area (Å²) in [5.74, 6) is -1.93. The molecule has 3 aromatic carbocycles. The number of fused-ring (bicyclic) bond motifs is 1. The third kappa shape index (κ3) is 10.3. The Morgan fingerprint density at radius 2 is 1.59 bits per heavy atom. The van der Waals surface area contributed by atoms with Gasteiger partial charge in [-0.05, 0) is 61.2 Å². The number of aliphatic hydroxyl groups is 1. The Bertz CT molecular complexity index is 1900. The lowest BCUT2D eigenvalue weighted by Crippen LogP contribution is -2.59. The quantitative estimate of drug-likeness (QED) is 0.108. The van der Waals surface area contributed by atoms with Gasteiger partial charge in [-0.15, -0.1) is 0 Å². The first-order valence-corrected chi connectivity index (χ1v) is 18.3. The normalized spacial score (nSPS) is 16.0. The van der Waals surface area contributed by atoms with Crippen molar-refractivity contribution in [2.45, 2.75) is 80.4 Å². The molecule has 1 heterocycles. The molecule has 1 saturated carbocycles. The average molecular weight is 718 g/mol. The van der Waals surface area contributed by atoms with Gasteiger partial charge in [-0.2, -0.15) is 4.72 Å². The summed E-state index contributed by atoms with van der Waals surface area (Å²) in [5, 5.41) is 18.1. The van der Waals surface area contributed by atoms with Crippen LogP contribution in [0.2, 0.25) is 0 Å². The number of amides is 3. The van der Waals surface area contributed by atoms with E-state index in [9.17, 15) is 27.9 Å². The van der Waals surface area contributed by atoms with Crippen molar-refractivity contribution in [3.8, 4) is 5.75 Å². The van der Waals surface area contributed by atoms with E-state index in [0.717, 1.165) is 24.6 Å². The molecule has 1 aromatic heterocycles. The molecular weight excluding hydrogens is 675 g/mol. The summed E-state index contributed by atoms with van der Waals surface area (Å²) < 4.78 is 41.2. The fourth-order valence-electron chi connectivity index (χ4n) is 6.02. The molecule has 0 bridgehead atoms. The number of hydrogen-bond acceptors (Lipinski definition) is 9. The number of carbonyl (C=O) groups is 3. The second-order valence-corrected chi connectivity index (χ2v) is 14.2. The zero-order valence-corrected chi connectivity index (χ0v) is 29.1. The van der Waals surface area contributed by atoms with E-state index in [0.29, 0.717) is 29.7 Å². The molecule has 5 rings (SSSR count). The topological polar surface area (TPSA) is 199 Å². The molecule has 1 unspecified atom stereocenters. The number of primary amides is 1. The molecule has 1 aliphatic rings. The molecule has 51 heavy (non-hydrogen) atoms. The van der Waals surface area contributed by atoms with Crippen LogP contribution in [-0.4, -0.2) is 73.9 Å². The lowest BCUT2D eigenvalue weighted by Gasteiger charge is -2.35. The van der Waals surface area contributed by atoms with Crippen molar-refractivity contribution in [2.75, 3.05) is 7.11 Å². The molecule has 0 saturated heterocycles. The van der Waals surface area contributed by atoms with Crippen LogP contribution in [0.5, 0.6) is 5.75 Å². The molecule has 0 radical (unpaired) electrons. The molecule has 3 amide bonds. The summed E-state index contributed by atoms with van der Waals surface area (Å²) in [7, 11) is -2.77. The van der Waals surface area contributed by atoms with Crippen molar-refractivity contribution in [3.05, 3.63) is 102 Å². The summed E-state index contributed by atoms with van der Waals surface area (Å²) in [6.45, 7) is 0. The van der Waals surface area contributed by atoms with Crippen LogP contribution in [-0.2, 0) is 30.8 Å². The third-order valence-electron chi connectivity index (χ3n) is 8.74. The van der Waals surface area contributed by atoms with Crippen molar-refractivity contribution in [3.63, 3.8) is 0 Å². The fraction of sp³-hybridized carbons (Fsp3) is 0.351. The number of hydrogen-bond donors (Lipinski definition) is 5. The second-order valence-electron chi connectivity index (χ2n) is 12.5. The van der Waals surface area contributed by atoms with E-state index in [1.54, 1.807) is 42.5 Å². The highest BCUT2D eigenvalue weighted by atomic mass is 32.2. The van der Waals surface area contributed by atoms with Crippen molar-refractivity contribution >= 4 is 38.6 Å². The summed E-state index contributed by atoms with van der Waals surface area (Å²) in [6, 6.07) is 22.5. The Morgan fingerprint density at radius 3 is 2.27 bits per heavy atom. The molecule has 4 aromatic rings. The number of sulfonamides is 1. The molecule has 4 atom stereocenters. The van der Waals surface area contributed by atoms with E-state index in [1.165, 1.54) is 37.4 Å². The number of nitrogens with zero attached hydrogens (tertiary/aromatic N) is 1. The molecule has 0 spiro atoms. The highest BCUT2D eigenvalue weighted by Crippen LogP contribution is 2.24. The SMILES string of the molecule is COc1ccc(S(=O)(=O)NC(OC2CCCCC2)[C@H](O)[C@H](Cc2ccccc2)NC(=O)[C@H](CC(N)=O)NC(=O)c2ccc3ccccc3n2)cc1. The number of aliphatic hydroxyl groups excluding tert-OH is 1. The van der Waals surface area contributed by atoms with Gasteiger partial charge in [0.25, 0.3) is 5.91 Å². The van der Waals surface area contributed by atoms with E-state index >= 15 is 0 Å². The monoisotopic (exact) mass is 717 g/mol. The first-order chi connectivity index (χ1) is 24.5. The Balaban J connectivity index is 1.42. The van der Waals surface area contributed by atoms with Gasteiger partial charge in [-0.3, -0.25) is 14.4 Å². The van der Waals surface area contributed by atoms with Crippen LogP contribution < -0.4 is 25.8 Å². The van der Waals surface area contributed by atoms with Crippen LogP contribution in [0.25, 0.3) is 10.9 Å². The first-order valence-electron chi connectivity index (χ1n) is 16.8. The number of nitrogens with two attached hydrogens (primary N) is 1. The molecule has 6 N–H and O–H groups in total. The summed E-state index contributed by atoms with van der Waals surface area (Å²) in [5.41, 5.74) is 6.79. The minimum atomic E-state index is -4.24. The van der Waals surface area contributed by atoms with Crippen LogP contribution in [0.1, 0.15) is 54.6 Å². The third-order valence-corrected chi connectivity index (χ3v) is 10.2. The number of aromatic nitrogens is 1. The maximum atomic E-state index is 13.9. The fourth-order valence-corrected chi connectivity index (χ4v) is 7.15. The van der Waals surface area contributed by atoms with E-state index < -0.39 is 58.6 Å². The molecule has 1 fully saturated rings. The van der Waals surface area contributed by atoms with Crippen LogP contribution >= 0.6 is 0 Å². The summed E-state index contributed by atoms with van der Waals surface area (Å²) in [4.78, 5) is 43.6. The van der Waals surface area contributed by atoms with Gasteiger partial charge in [0.2, 0.25) is 21.8 Å². The van der Waals surface area contributed by atoms with Gasteiger partial charge in [0, 0.05) is 5.39 Å². The Labute approximate surface area is 297 Å². The molecule has 0 aliphatic heterocycles. The van der Waals surface area contributed by atoms with Gasteiger partial charge in [0.05, 0.1) is 36.1 Å². The highest BCUT2D eigenvalue weighted by Gasteiger charge is 2.37. The average Bonchev–Trinajstić information content (AvgIpc) is 3.14. The van der Waals surface area contributed by atoms with E-state index in [4.69, 9.17) is 15.2 Å². The Kier molecular flexibility index (Phi) is 12.7. The summed E-state index contributed by atoms with van der Waals surface area (Å²) in [6.07, 6.45) is 0.138. The van der Waals surface area contributed by atoms with Gasteiger partial charge in [0.1, 0.15) is 29.8 Å². The van der Waals surface area contributed by atoms with Gasteiger partial charge < -0.3 is 30.9 Å². The van der Waals surface area contributed by atoms with E-state index in [-0.39, 0.29) is 23.1 Å². The van der Waals surface area contributed by atoms with E-state index in [1.807, 2.05) is 18.2 Å². The van der Waals surface area contributed by atoms with Crippen LogP contribution in [0.3, 0.4) is 0 Å². The first kappa shape index (κ1) is 37.4. The number of rotatable bonds is 16. The molecule has 1 aliphatic carbocycles. The van der Waals surface area contributed by atoms with Crippen LogP contribution in [0.15, 0.2) is 95.9 Å². The zero-order valence-electron chi connectivity index (χ0n) is 28.2. The minimum Gasteiger partial charge on any atom is -0.497 e. The van der Waals surface area contributed by atoms with Gasteiger partial charge in [-0.1, -0.05) is 73.9 Å². The summed E-state index contributed by atoms with van der Waals surface area (Å²) >= 11 is 0. The van der Waals surface area contributed by atoms with Gasteiger partial charge in [0.15, 0.2) is 0 Å². The van der Waals surface area contributed by atoms with Crippen molar-refractivity contribution in [1.82, 2.24) is 20.3 Å². The number of methoxy groups -OCH3 is 1. The largest absolute Gasteiger partial charge is 0.497 e. The Hall–Kier alpha value is -4.89. The van der Waals surface area contributed by atoms with Crippen molar-refractivity contribution in [2.24, 2.45) is 5.73 Å². The predicted molar refractivity (Wildman–Crippen MR) is 190 cm³/mol. The minimum absolute atomic E-state index is 0.0192. The lowest BCUT2D eigenvalue weighted by molar-refractivity contribution is -0.131. The molecule has 14 heteroatoms. The standard InChI is InChI=1S/C37H43N5O8S/c1-49-26-17-19-28(20-18-26)51(47,48)42-37(50-27-13-6-3-7-14-27)34(44)31(22-24-10-4-2-5-11-24)40-36(46)32(23-33(38)43)41-35(45)30-21-16-25-12-8-9-15-29(25)39-30/h2,4-5,8-12,15-21,27,31-32,34,37,42,44H,3,6-7,13-14,22-23H2,1H3,(H2,38,43)(H,40,46)(H,41,45)/t31-,32-,34+,37?/m0/s1. The van der Waals surface area contributed by atoms with Gasteiger partial charge >= 0.3 is 0 Å². The maximum absolute atomic E-state index is 13.9. The molecular formula is C37H43N5O8S. The second kappa shape index (κ2) is 17.4. The number of pyridine rings is 1. The number of ether oxygens (including phenoxy) is 2. The number of carbonyl (C=O) groups excluding carboxylic acids is 3. The predicted octanol–water partition coefficient (Wildman–Crippen LogP) is 2.96. The van der Waals surface area contributed by atoms with E-state index in [2.05, 4.69) is 20.3 Å². The van der Waals surface area contributed by atoms with Crippen LogP contribution in [0.4, 0.5) is 0 Å². The smallest absolute Gasteiger partial charge is 0.270 e. The Morgan fingerprint density at radius 1 is 0.902 bits per heavy atom. The molecule has 13 nitrogen and oxygen atoms in total. The highest BCUT2D eigenvalue weighted by molar-refractivity contribution is 7.89. The zero-order chi connectivity index (χ0) is 36.4. The van der Waals surface area contributed by atoms with Crippen LogP contribution in [0, 0.1) is 0 Å². The van der Waals surface area contributed by atoms with Crippen molar-refractivity contribution < 1.29 is 37.4 Å². The number of benzene rings is 3. The lowest BCUT2D eigenvalue weighted by atomic mass is 9.96. The maximum Gasteiger partial charge on any atom is 0.270 e. The molecule has 270 valence electrons. The number of para-hydroxylation sites is 1. The van der Waals surface area contributed by atoms with Gasteiger partial charge in [-0.25, -0.2) is 13.4 Å². The van der Waals surface area contributed by atoms with Crippen molar-refractivity contribution in [1.29, 1.82) is 0 Å².